The number of hydrogen-bond donors (Lipinski definition) is 0. The Morgan fingerprint density at radius 3 is 3.05 bits per heavy atom. The number of carbonyl (C=O) groups is 1. The number of Topliss-reactive ketones (excluding diaryl/α,β-unsaturated/α-hetero) is 1. The molecule has 3 rings (SSSR count). The lowest BCUT2D eigenvalue weighted by Gasteiger charge is -2.10. The molecule has 0 N–H and O–H groups in total. The van der Waals surface area contributed by atoms with Crippen molar-refractivity contribution in [1.82, 2.24) is 4.98 Å². The van der Waals surface area contributed by atoms with Crippen molar-refractivity contribution in [3.05, 3.63) is 58.9 Å². The Kier molecular flexibility index (Phi) is 3.18. The van der Waals surface area contributed by atoms with Crippen molar-refractivity contribution in [2.24, 2.45) is 0 Å². The molecule has 1 heterocycles. The number of benzene rings is 1. The predicted octanol–water partition coefficient (Wildman–Crippen LogP) is 2.66. The molecule has 1 aromatic carbocycles. The summed E-state index contributed by atoms with van der Waals surface area (Å²) in [6, 6.07) is 11.1. The minimum Gasteiger partial charge on any atom is -0.489 e. The number of ether oxygens (including phenoxy) is 1. The molecule has 0 unspecified atom stereocenters. The molecule has 4 nitrogen and oxygen atoms in total. The third-order valence-electron chi connectivity index (χ3n) is 3.37. The Balaban J connectivity index is 1.80. The molecule has 0 saturated carbocycles. The van der Waals surface area contributed by atoms with Crippen molar-refractivity contribution in [2.75, 3.05) is 0 Å². The maximum Gasteiger partial charge on any atom is 0.163 e. The second-order valence-corrected chi connectivity index (χ2v) is 4.66. The van der Waals surface area contributed by atoms with E-state index in [-0.39, 0.29) is 5.78 Å². The molecule has 0 radical (unpaired) electrons. The van der Waals surface area contributed by atoms with Crippen molar-refractivity contribution in [2.45, 2.75) is 19.4 Å². The van der Waals surface area contributed by atoms with Crippen LogP contribution in [0, 0.1) is 11.3 Å². The molecule has 0 fully saturated rings. The standard InChI is InChI=1S/C16H12N2O2/c17-9-12-8-11(6-7-18-12)10-20-16-3-1-2-13-14(16)4-5-15(13)19/h1-3,6-8H,4-5,10H2. The van der Waals surface area contributed by atoms with E-state index in [2.05, 4.69) is 4.98 Å². The van der Waals surface area contributed by atoms with Crippen LogP contribution < -0.4 is 4.74 Å². The number of hydrogen-bond acceptors (Lipinski definition) is 4. The first-order chi connectivity index (χ1) is 9.78. The number of pyridine rings is 1. The SMILES string of the molecule is N#Cc1cc(COc2cccc3c2CCC3=O)ccn1. The number of carbonyl (C=O) groups excluding carboxylic acids is 1. The van der Waals surface area contributed by atoms with Gasteiger partial charge in [0.05, 0.1) is 0 Å². The lowest BCUT2D eigenvalue weighted by atomic mass is 10.1. The Labute approximate surface area is 116 Å². The number of ketones is 1. The maximum atomic E-state index is 11.7. The van der Waals surface area contributed by atoms with Gasteiger partial charge in [-0.25, -0.2) is 4.98 Å². The van der Waals surface area contributed by atoms with Crippen LogP contribution in [0.1, 0.15) is 33.6 Å². The monoisotopic (exact) mass is 264 g/mol. The van der Waals surface area contributed by atoms with Crippen molar-refractivity contribution in [1.29, 1.82) is 5.26 Å². The number of rotatable bonds is 3. The molecule has 1 aliphatic carbocycles. The van der Waals surface area contributed by atoms with Gasteiger partial charge < -0.3 is 4.74 Å². The van der Waals surface area contributed by atoms with Crippen molar-refractivity contribution >= 4 is 5.78 Å². The van der Waals surface area contributed by atoms with Crippen LogP contribution in [-0.4, -0.2) is 10.8 Å². The van der Waals surface area contributed by atoms with Gasteiger partial charge in [-0.2, -0.15) is 5.26 Å². The van der Waals surface area contributed by atoms with E-state index in [9.17, 15) is 4.79 Å². The highest BCUT2D eigenvalue weighted by Gasteiger charge is 2.22. The largest absolute Gasteiger partial charge is 0.489 e. The van der Waals surface area contributed by atoms with Crippen LogP contribution in [0.4, 0.5) is 0 Å². The molecule has 20 heavy (non-hydrogen) atoms. The molecule has 98 valence electrons. The fraction of sp³-hybridized carbons (Fsp3) is 0.188. The van der Waals surface area contributed by atoms with Gasteiger partial charge in [0.15, 0.2) is 5.78 Å². The van der Waals surface area contributed by atoms with E-state index in [0.717, 1.165) is 28.9 Å². The normalized spacial score (nSPS) is 12.8. The molecule has 1 aliphatic rings. The summed E-state index contributed by atoms with van der Waals surface area (Å²) in [5.74, 6) is 0.935. The molecule has 2 aromatic rings. The van der Waals surface area contributed by atoms with Crippen LogP contribution >= 0.6 is 0 Å². The van der Waals surface area contributed by atoms with Crippen molar-refractivity contribution in [3.8, 4) is 11.8 Å². The Bertz CT molecular complexity index is 717. The molecule has 4 heteroatoms. The van der Waals surface area contributed by atoms with Gasteiger partial charge >= 0.3 is 0 Å². The third kappa shape index (κ3) is 2.26. The molecule has 0 spiro atoms. The predicted molar refractivity (Wildman–Crippen MR) is 72.4 cm³/mol. The van der Waals surface area contributed by atoms with Gasteiger partial charge in [0.2, 0.25) is 0 Å². The molecular formula is C16H12N2O2. The minimum atomic E-state index is 0.182. The fourth-order valence-corrected chi connectivity index (χ4v) is 2.38. The highest BCUT2D eigenvalue weighted by molar-refractivity contribution is 6.01. The van der Waals surface area contributed by atoms with Gasteiger partial charge in [-0.15, -0.1) is 0 Å². The molecule has 0 saturated heterocycles. The summed E-state index contributed by atoms with van der Waals surface area (Å²) in [7, 11) is 0. The Hall–Kier alpha value is -2.67. The zero-order chi connectivity index (χ0) is 13.9. The Morgan fingerprint density at radius 1 is 1.30 bits per heavy atom. The van der Waals surface area contributed by atoms with Gasteiger partial charge in [0.25, 0.3) is 0 Å². The lowest BCUT2D eigenvalue weighted by Crippen LogP contribution is -2.00. The number of fused-ring (bicyclic) bond motifs is 1. The van der Waals surface area contributed by atoms with E-state index in [4.69, 9.17) is 10.00 Å². The van der Waals surface area contributed by atoms with Crippen LogP contribution in [0.5, 0.6) is 5.75 Å². The average molecular weight is 264 g/mol. The highest BCUT2D eigenvalue weighted by Crippen LogP contribution is 2.30. The minimum absolute atomic E-state index is 0.182. The van der Waals surface area contributed by atoms with E-state index in [0.29, 0.717) is 18.7 Å². The molecule has 0 bridgehead atoms. The van der Waals surface area contributed by atoms with E-state index in [1.165, 1.54) is 0 Å². The first-order valence-electron chi connectivity index (χ1n) is 6.41. The smallest absolute Gasteiger partial charge is 0.163 e. The first kappa shape index (κ1) is 12.4. The summed E-state index contributed by atoms with van der Waals surface area (Å²) in [6.07, 6.45) is 2.89. The summed E-state index contributed by atoms with van der Waals surface area (Å²) in [5.41, 5.74) is 3.03. The summed E-state index contributed by atoms with van der Waals surface area (Å²) in [5, 5.41) is 8.81. The van der Waals surface area contributed by atoms with Crippen LogP contribution in [0.3, 0.4) is 0 Å². The molecule has 0 atom stereocenters. The maximum absolute atomic E-state index is 11.7. The van der Waals surface area contributed by atoms with Crippen LogP contribution in [0.2, 0.25) is 0 Å². The molecular weight excluding hydrogens is 252 g/mol. The molecule has 1 aromatic heterocycles. The number of aromatic nitrogens is 1. The van der Waals surface area contributed by atoms with Crippen LogP contribution in [-0.2, 0) is 13.0 Å². The van der Waals surface area contributed by atoms with Crippen molar-refractivity contribution < 1.29 is 9.53 Å². The van der Waals surface area contributed by atoms with E-state index in [1.807, 2.05) is 30.3 Å². The second-order valence-electron chi connectivity index (χ2n) is 4.66. The van der Waals surface area contributed by atoms with E-state index >= 15 is 0 Å². The Morgan fingerprint density at radius 2 is 2.20 bits per heavy atom. The molecule has 0 aliphatic heterocycles. The lowest BCUT2D eigenvalue weighted by molar-refractivity contribution is 0.0994. The first-order valence-corrected chi connectivity index (χ1v) is 6.41. The highest BCUT2D eigenvalue weighted by atomic mass is 16.5. The van der Waals surface area contributed by atoms with Gasteiger partial charge in [-0.3, -0.25) is 4.79 Å². The fourth-order valence-electron chi connectivity index (χ4n) is 2.38. The summed E-state index contributed by atoms with van der Waals surface area (Å²) in [6.45, 7) is 0.363. The number of nitriles is 1. The van der Waals surface area contributed by atoms with E-state index < -0.39 is 0 Å². The second kappa shape index (κ2) is 5.14. The molecule has 0 amide bonds. The van der Waals surface area contributed by atoms with Gasteiger partial charge in [0, 0.05) is 23.7 Å². The zero-order valence-corrected chi connectivity index (χ0v) is 10.8. The van der Waals surface area contributed by atoms with E-state index in [1.54, 1.807) is 12.3 Å². The average Bonchev–Trinajstić information content (AvgIpc) is 2.88. The van der Waals surface area contributed by atoms with Gasteiger partial charge in [-0.1, -0.05) is 12.1 Å². The van der Waals surface area contributed by atoms with Crippen LogP contribution in [0.25, 0.3) is 0 Å². The van der Waals surface area contributed by atoms with Crippen molar-refractivity contribution in [3.63, 3.8) is 0 Å². The summed E-state index contributed by atoms with van der Waals surface area (Å²) < 4.78 is 5.79. The zero-order valence-electron chi connectivity index (χ0n) is 10.8. The number of nitrogens with zero attached hydrogens (tertiary/aromatic N) is 2. The summed E-state index contributed by atoms with van der Waals surface area (Å²) >= 11 is 0. The third-order valence-corrected chi connectivity index (χ3v) is 3.37. The summed E-state index contributed by atoms with van der Waals surface area (Å²) in [4.78, 5) is 15.6. The van der Waals surface area contributed by atoms with Crippen LogP contribution in [0.15, 0.2) is 36.5 Å². The quantitative estimate of drug-likeness (QED) is 0.855. The van der Waals surface area contributed by atoms with Gasteiger partial charge in [0.1, 0.15) is 24.1 Å². The topological polar surface area (TPSA) is 63.0 Å². The van der Waals surface area contributed by atoms with Gasteiger partial charge in [-0.05, 0) is 30.2 Å².